The summed E-state index contributed by atoms with van der Waals surface area (Å²) < 4.78 is 0. The molecule has 0 aromatic rings. The van der Waals surface area contributed by atoms with Crippen LogP contribution in [0, 0.1) is 0 Å². The standard InChI is InChI=1S/C9H15NO2/c1-5-6-9(4,7(2)11)10-8(3)12/h5H,1,6H2,2-4H3,(H,10,12)/t9-/m0/s1. The summed E-state index contributed by atoms with van der Waals surface area (Å²) in [4.78, 5) is 21.9. The molecule has 0 unspecified atom stereocenters. The molecule has 0 aliphatic rings. The minimum absolute atomic E-state index is 0.0578. The lowest BCUT2D eigenvalue weighted by Gasteiger charge is -2.25. The number of nitrogens with one attached hydrogen (secondary N) is 1. The summed E-state index contributed by atoms with van der Waals surface area (Å²) in [5, 5.41) is 2.60. The van der Waals surface area contributed by atoms with E-state index in [2.05, 4.69) is 11.9 Å². The van der Waals surface area contributed by atoms with Gasteiger partial charge in [0.05, 0.1) is 5.54 Å². The van der Waals surface area contributed by atoms with Gasteiger partial charge in [0.2, 0.25) is 5.91 Å². The van der Waals surface area contributed by atoms with Gasteiger partial charge >= 0.3 is 0 Å². The fourth-order valence-electron chi connectivity index (χ4n) is 0.960. The van der Waals surface area contributed by atoms with Crippen molar-refractivity contribution < 1.29 is 9.59 Å². The second-order valence-corrected chi connectivity index (χ2v) is 3.06. The molecule has 1 atom stereocenters. The highest BCUT2D eigenvalue weighted by atomic mass is 16.2. The van der Waals surface area contributed by atoms with E-state index in [1.807, 2.05) is 0 Å². The summed E-state index contributed by atoms with van der Waals surface area (Å²) in [7, 11) is 0. The Kier molecular flexibility index (Phi) is 3.67. The van der Waals surface area contributed by atoms with Crippen molar-refractivity contribution in [1.29, 1.82) is 0 Å². The number of hydrogen-bond donors (Lipinski definition) is 1. The molecule has 0 aromatic heterocycles. The fourth-order valence-corrected chi connectivity index (χ4v) is 0.960. The van der Waals surface area contributed by atoms with Crippen LogP contribution in [0.2, 0.25) is 0 Å². The summed E-state index contributed by atoms with van der Waals surface area (Å²) in [6, 6.07) is 0. The number of carbonyl (C=O) groups is 2. The minimum Gasteiger partial charge on any atom is -0.344 e. The molecule has 68 valence electrons. The van der Waals surface area contributed by atoms with Crippen LogP contribution in [-0.2, 0) is 9.59 Å². The first kappa shape index (κ1) is 10.9. The molecule has 0 rings (SSSR count). The smallest absolute Gasteiger partial charge is 0.217 e. The maximum Gasteiger partial charge on any atom is 0.217 e. The molecule has 0 aromatic carbocycles. The van der Waals surface area contributed by atoms with Crippen molar-refractivity contribution in [2.45, 2.75) is 32.7 Å². The molecule has 3 heteroatoms. The Bertz CT molecular complexity index is 211. The fraction of sp³-hybridized carbons (Fsp3) is 0.556. The summed E-state index contributed by atoms with van der Waals surface area (Å²) >= 11 is 0. The Morgan fingerprint density at radius 2 is 2.00 bits per heavy atom. The summed E-state index contributed by atoms with van der Waals surface area (Å²) in [6.07, 6.45) is 2.08. The topological polar surface area (TPSA) is 46.2 Å². The molecular weight excluding hydrogens is 154 g/mol. The van der Waals surface area contributed by atoms with Crippen molar-refractivity contribution in [3.05, 3.63) is 12.7 Å². The molecule has 12 heavy (non-hydrogen) atoms. The molecule has 0 saturated heterocycles. The lowest BCUT2D eigenvalue weighted by Crippen LogP contribution is -2.50. The Labute approximate surface area is 72.8 Å². The van der Waals surface area contributed by atoms with Gasteiger partial charge in [-0.25, -0.2) is 0 Å². The SMILES string of the molecule is C=CC[C@](C)(NC(C)=O)C(C)=O. The molecule has 0 radical (unpaired) electrons. The predicted molar refractivity (Wildman–Crippen MR) is 47.7 cm³/mol. The Hall–Kier alpha value is -1.12. The van der Waals surface area contributed by atoms with Crippen molar-refractivity contribution >= 4 is 11.7 Å². The third-order valence-corrected chi connectivity index (χ3v) is 1.78. The molecule has 0 fully saturated rings. The van der Waals surface area contributed by atoms with Crippen LogP contribution in [0.1, 0.15) is 27.2 Å². The lowest BCUT2D eigenvalue weighted by atomic mass is 9.93. The number of Topliss-reactive ketones (excluding diaryl/α,β-unsaturated/α-hetero) is 1. The van der Waals surface area contributed by atoms with Crippen LogP contribution in [0.3, 0.4) is 0 Å². The van der Waals surface area contributed by atoms with Crippen molar-refractivity contribution in [3.8, 4) is 0 Å². The van der Waals surface area contributed by atoms with Gasteiger partial charge in [-0.3, -0.25) is 9.59 Å². The molecule has 0 saturated carbocycles. The quantitative estimate of drug-likeness (QED) is 0.639. The monoisotopic (exact) mass is 169 g/mol. The van der Waals surface area contributed by atoms with E-state index < -0.39 is 5.54 Å². The average Bonchev–Trinajstić information content (AvgIpc) is 1.85. The first-order valence-corrected chi connectivity index (χ1v) is 3.83. The Morgan fingerprint density at radius 1 is 1.50 bits per heavy atom. The first-order valence-electron chi connectivity index (χ1n) is 3.83. The van der Waals surface area contributed by atoms with Gasteiger partial charge in [-0.05, 0) is 20.3 Å². The van der Waals surface area contributed by atoms with E-state index in [9.17, 15) is 9.59 Å². The van der Waals surface area contributed by atoms with Crippen molar-refractivity contribution in [3.63, 3.8) is 0 Å². The van der Waals surface area contributed by atoms with Gasteiger partial charge in [-0.15, -0.1) is 6.58 Å². The van der Waals surface area contributed by atoms with Crippen molar-refractivity contribution in [2.24, 2.45) is 0 Å². The summed E-state index contributed by atoms with van der Waals surface area (Å²) in [5.74, 6) is -0.257. The van der Waals surface area contributed by atoms with Crippen LogP contribution in [0.4, 0.5) is 0 Å². The van der Waals surface area contributed by atoms with Crippen LogP contribution >= 0.6 is 0 Å². The van der Waals surface area contributed by atoms with E-state index in [-0.39, 0.29) is 11.7 Å². The van der Waals surface area contributed by atoms with Gasteiger partial charge in [0.15, 0.2) is 5.78 Å². The highest BCUT2D eigenvalue weighted by molar-refractivity contribution is 5.90. The largest absolute Gasteiger partial charge is 0.344 e. The van der Waals surface area contributed by atoms with Gasteiger partial charge in [0, 0.05) is 6.92 Å². The molecule has 0 bridgehead atoms. The van der Waals surface area contributed by atoms with E-state index in [1.54, 1.807) is 13.0 Å². The number of rotatable bonds is 4. The molecule has 0 aliphatic carbocycles. The number of hydrogen-bond acceptors (Lipinski definition) is 2. The van der Waals surface area contributed by atoms with E-state index >= 15 is 0 Å². The van der Waals surface area contributed by atoms with E-state index in [4.69, 9.17) is 0 Å². The zero-order valence-electron chi connectivity index (χ0n) is 7.81. The Morgan fingerprint density at radius 3 is 2.25 bits per heavy atom. The van der Waals surface area contributed by atoms with E-state index in [0.29, 0.717) is 6.42 Å². The maximum absolute atomic E-state index is 11.1. The Balaban J connectivity index is 4.49. The third-order valence-electron chi connectivity index (χ3n) is 1.78. The van der Waals surface area contributed by atoms with Crippen molar-refractivity contribution in [2.75, 3.05) is 0 Å². The second-order valence-electron chi connectivity index (χ2n) is 3.06. The highest BCUT2D eigenvalue weighted by Gasteiger charge is 2.28. The van der Waals surface area contributed by atoms with Gasteiger partial charge < -0.3 is 5.32 Å². The van der Waals surface area contributed by atoms with Crippen LogP contribution in [0.25, 0.3) is 0 Å². The van der Waals surface area contributed by atoms with Gasteiger partial charge in [-0.1, -0.05) is 6.08 Å². The molecule has 0 heterocycles. The van der Waals surface area contributed by atoms with Gasteiger partial charge in [0.25, 0.3) is 0 Å². The minimum atomic E-state index is -0.784. The summed E-state index contributed by atoms with van der Waals surface area (Å²) in [6.45, 7) is 8.08. The van der Waals surface area contributed by atoms with Crippen LogP contribution < -0.4 is 5.32 Å². The van der Waals surface area contributed by atoms with Crippen LogP contribution in [0.15, 0.2) is 12.7 Å². The lowest BCUT2D eigenvalue weighted by molar-refractivity contribution is -0.129. The average molecular weight is 169 g/mol. The highest BCUT2D eigenvalue weighted by Crippen LogP contribution is 2.11. The number of ketones is 1. The van der Waals surface area contributed by atoms with Crippen molar-refractivity contribution in [1.82, 2.24) is 5.32 Å². The maximum atomic E-state index is 11.1. The second kappa shape index (κ2) is 4.04. The van der Waals surface area contributed by atoms with E-state index in [0.717, 1.165) is 0 Å². The molecule has 1 amide bonds. The number of amides is 1. The normalized spacial score (nSPS) is 14.6. The molecule has 0 aliphatic heterocycles. The molecular formula is C9H15NO2. The van der Waals surface area contributed by atoms with Crippen LogP contribution in [-0.4, -0.2) is 17.2 Å². The third kappa shape index (κ3) is 2.86. The first-order chi connectivity index (χ1) is 5.42. The molecule has 3 nitrogen and oxygen atoms in total. The van der Waals surface area contributed by atoms with E-state index in [1.165, 1.54) is 13.8 Å². The van der Waals surface area contributed by atoms with Gasteiger partial charge in [-0.2, -0.15) is 0 Å². The molecule has 1 N–H and O–H groups in total. The summed E-state index contributed by atoms with van der Waals surface area (Å²) in [5.41, 5.74) is -0.784. The molecule has 0 spiro atoms. The zero-order valence-corrected chi connectivity index (χ0v) is 7.81. The van der Waals surface area contributed by atoms with Gasteiger partial charge in [0.1, 0.15) is 0 Å². The number of carbonyl (C=O) groups excluding carboxylic acids is 2. The zero-order chi connectivity index (χ0) is 9.78. The predicted octanol–water partition coefficient (Wildman–Crippen LogP) is 1.05. The van der Waals surface area contributed by atoms with Crippen LogP contribution in [0.5, 0.6) is 0 Å².